The van der Waals surface area contributed by atoms with Crippen molar-refractivity contribution in [3.05, 3.63) is 0 Å². The number of carbonyl (C=O) groups is 1. The number of Topliss-reactive ketones (excluding diaryl/α,β-unsaturated/α-hetero) is 1. The first-order valence-electron chi connectivity index (χ1n) is 6.00. The van der Waals surface area contributed by atoms with E-state index in [1.807, 2.05) is 0 Å². The van der Waals surface area contributed by atoms with Crippen LogP contribution in [0.15, 0.2) is 0 Å². The molecular weight excluding hydrogens is 174 g/mol. The number of ketones is 1. The Morgan fingerprint density at radius 1 is 1.21 bits per heavy atom. The van der Waals surface area contributed by atoms with Crippen LogP contribution >= 0.6 is 0 Å². The zero-order chi connectivity index (χ0) is 9.97. The summed E-state index contributed by atoms with van der Waals surface area (Å²) in [6, 6.07) is 0.797. The smallest absolute Gasteiger partial charge is 0.137 e. The third kappa shape index (κ3) is 2.57. The molecule has 0 aromatic heterocycles. The molecule has 2 heteroatoms. The van der Waals surface area contributed by atoms with E-state index >= 15 is 0 Å². The molecule has 1 atom stereocenters. The lowest BCUT2D eigenvalue weighted by molar-refractivity contribution is -0.123. The van der Waals surface area contributed by atoms with Crippen LogP contribution in [0, 0.1) is 5.92 Å². The number of hydrogen-bond donors (Lipinski definition) is 0. The molecule has 0 spiro atoms. The van der Waals surface area contributed by atoms with Gasteiger partial charge in [0, 0.05) is 24.9 Å². The largest absolute Gasteiger partial charge is 0.303 e. The highest BCUT2D eigenvalue weighted by Crippen LogP contribution is 2.28. The van der Waals surface area contributed by atoms with Crippen molar-refractivity contribution in [3.63, 3.8) is 0 Å². The van der Waals surface area contributed by atoms with Gasteiger partial charge in [0.05, 0.1) is 0 Å². The van der Waals surface area contributed by atoms with Crippen LogP contribution in [0.25, 0.3) is 0 Å². The van der Waals surface area contributed by atoms with E-state index in [2.05, 4.69) is 11.9 Å². The Morgan fingerprint density at radius 3 is 2.71 bits per heavy atom. The number of rotatable bonds is 3. The standard InChI is InChI=1S/C12H21NO/c1-13(11-7-8-11)9-10-5-3-2-4-6-12(10)14/h10-11H,2-9H2,1H3. The molecule has 1 unspecified atom stereocenters. The summed E-state index contributed by atoms with van der Waals surface area (Å²) in [5, 5.41) is 0. The second kappa shape index (κ2) is 4.43. The van der Waals surface area contributed by atoms with Crippen molar-refractivity contribution in [2.75, 3.05) is 13.6 Å². The SMILES string of the molecule is CN(CC1CCCCCC1=O)C1CC1. The summed E-state index contributed by atoms with van der Waals surface area (Å²) in [4.78, 5) is 14.2. The lowest BCUT2D eigenvalue weighted by Crippen LogP contribution is -2.31. The van der Waals surface area contributed by atoms with Gasteiger partial charge in [-0.2, -0.15) is 0 Å². The van der Waals surface area contributed by atoms with Gasteiger partial charge in [-0.05, 0) is 32.7 Å². The predicted octanol–water partition coefficient (Wildman–Crippen LogP) is 2.23. The van der Waals surface area contributed by atoms with Crippen LogP contribution in [-0.4, -0.2) is 30.3 Å². The van der Waals surface area contributed by atoms with Crippen molar-refractivity contribution >= 4 is 5.78 Å². The van der Waals surface area contributed by atoms with Gasteiger partial charge in [0.25, 0.3) is 0 Å². The van der Waals surface area contributed by atoms with Gasteiger partial charge in [-0.1, -0.05) is 12.8 Å². The summed E-state index contributed by atoms with van der Waals surface area (Å²) in [5.41, 5.74) is 0. The third-order valence-electron chi connectivity index (χ3n) is 3.61. The second-order valence-electron chi connectivity index (χ2n) is 4.93. The summed E-state index contributed by atoms with van der Waals surface area (Å²) < 4.78 is 0. The molecule has 2 rings (SSSR count). The molecule has 2 saturated carbocycles. The molecule has 0 N–H and O–H groups in total. The molecule has 2 fully saturated rings. The minimum Gasteiger partial charge on any atom is -0.303 e. The number of carbonyl (C=O) groups excluding carboxylic acids is 1. The highest BCUT2D eigenvalue weighted by Gasteiger charge is 2.30. The highest BCUT2D eigenvalue weighted by atomic mass is 16.1. The Bertz CT molecular complexity index is 210. The van der Waals surface area contributed by atoms with Crippen molar-refractivity contribution in [1.29, 1.82) is 0 Å². The number of nitrogens with zero attached hydrogens (tertiary/aromatic N) is 1. The lowest BCUT2D eigenvalue weighted by atomic mass is 9.98. The minimum absolute atomic E-state index is 0.350. The Morgan fingerprint density at radius 2 is 2.00 bits per heavy atom. The molecule has 0 bridgehead atoms. The van der Waals surface area contributed by atoms with E-state index in [0.29, 0.717) is 11.7 Å². The van der Waals surface area contributed by atoms with Crippen molar-refractivity contribution in [1.82, 2.24) is 4.90 Å². The van der Waals surface area contributed by atoms with E-state index in [9.17, 15) is 4.79 Å². The van der Waals surface area contributed by atoms with Crippen LogP contribution in [0.5, 0.6) is 0 Å². The molecule has 0 saturated heterocycles. The molecule has 0 radical (unpaired) electrons. The zero-order valence-corrected chi connectivity index (χ0v) is 9.17. The Balaban J connectivity index is 1.83. The summed E-state index contributed by atoms with van der Waals surface area (Å²) in [5.74, 6) is 0.873. The normalized spacial score (nSPS) is 29.3. The molecule has 0 aliphatic heterocycles. The van der Waals surface area contributed by atoms with Gasteiger partial charge < -0.3 is 4.90 Å². The van der Waals surface area contributed by atoms with Gasteiger partial charge in [-0.15, -0.1) is 0 Å². The summed E-state index contributed by atoms with van der Waals surface area (Å²) in [6.07, 6.45) is 8.31. The van der Waals surface area contributed by atoms with Crippen LogP contribution in [0.4, 0.5) is 0 Å². The average Bonchev–Trinajstić information content (AvgIpc) is 2.95. The molecular formula is C12H21NO. The number of hydrogen-bond acceptors (Lipinski definition) is 2. The van der Waals surface area contributed by atoms with Gasteiger partial charge in [0.15, 0.2) is 0 Å². The fourth-order valence-electron chi connectivity index (χ4n) is 2.44. The molecule has 0 aromatic carbocycles. The third-order valence-corrected chi connectivity index (χ3v) is 3.61. The van der Waals surface area contributed by atoms with Gasteiger partial charge >= 0.3 is 0 Å². The molecule has 2 nitrogen and oxygen atoms in total. The fourth-order valence-corrected chi connectivity index (χ4v) is 2.44. The molecule has 0 aromatic rings. The minimum atomic E-state index is 0.350. The quantitative estimate of drug-likeness (QED) is 0.644. The van der Waals surface area contributed by atoms with E-state index in [1.165, 1.54) is 25.7 Å². The van der Waals surface area contributed by atoms with E-state index in [1.54, 1.807) is 0 Å². The van der Waals surface area contributed by atoms with Crippen molar-refractivity contribution < 1.29 is 4.79 Å². The van der Waals surface area contributed by atoms with E-state index in [4.69, 9.17) is 0 Å². The van der Waals surface area contributed by atoms with E-state index in [-0.39, 0.29) is 0 Å². The van der Waals surface area contributed by atoms with Crippen LogP contribution < -0.4 is 0 Å². The highest BCUT2D eigenvalue weighted by molar-refractivity contribution is 5.81. The van der Waals surface area contributed by atoms with Gasteiger partial charge in [0.1, 0.15) is 5.78 Å². The van der Waals surface area contributed by atoms with Gasteiger partial charge in [0.2, 0.25) is 0 Å². The predicted molar refractivity (Wildman–Crippen MR) is 57.2 cm³/mol. The Hall–Kier alpha value is -0.370. The maximum atomic E-state index is 11.8. The van der Waals surface area contributed by atoms with Crippen molar-refractivity contribution in [2.45, 2.75) is 51.0 Å². The van der Waals surface area contributed by atoms with Crippen LogP contribution in [0.2, 0.25) is 0 Å². The molecule has 2 aliphatic carbocycles. The van der Waals surface area contributed by atoms with Crippen molar-refractivity contribution in [2.24, 2.45) is 5.92 Å². The summed E-state index contributed by atoms with van der Waals surface area (Å²) in [7, 11) is 2.18. The summed E-state index contributed by atoms with van der Waals surface area (Å²) in [6.45, 7) is 1.02. The molecule has 80 valence electrons. The second-order valence-corrected chi connectivity index (χ2v) is 4.93. The Kier molecular flexibility index (Phi) is 3.22. The van der Waals surface area contributed by atoms with E-state index in [0.717, 1.165) is 31.8 Å². The molecule has 0 amide bonds. The topological polar surface area (TPSA) is 20.3 Å². The average molecular weight is 195 g/mol. The first-order chi connectivity index (χ1) is 6.77. The summed E-state index contributed by atoms with van der Waals surface area (Å²) >= 11 is 0. The maximum absolute atomic E-state index is 11.8. The van der Waals surface area contributed by atoms with Gasteiger partial charge in [-0.25, -0.2) is 0 Å². The molecule has 2 aliphatic rings. The van der Waals surface area contributed by atoms with Crippen LogP contribution in [-0.2, 0) is 4.79 Å². The lowest BCUT2D eigenvalue weighted by Gasteiger charge is -2.21. The van der Waals surface area contributed by atoms with Crippen LogP contribution in [0.1, 0.15) is 44.9 Å². The first-order valence-corrected chi connectivity index (χ1v) is 6.00. The first kappa shape index (κ1) is 10.2. The monoisotopic (exact) mass is 195 g/mol. The maximum Gasteiger partial charge on any atom is 0.137 e. The molecule has 0 heterocycles. The van der Waals surface area contributed by atoms with Crippen molar-refractivity contribution in [3.8, 4) is 0 Å². The van der Waals surface area contributed by atoms with Gasteiger partial charge in [-0.3, -0.25) is 4.79 Å². The molecule has 14 heavy (non-hydrogen) atoms. The fraction of sp³-hybridized carbons (Fsp3) is 0.917. The Labute approximate surface area is 86.7 Å². The zero-order valence-electron chi connectivity index (χ0n) is 9.17. The van der Waals surface area contributed by atoms with E-state index < -0.39 is 0 Å². The van der Waals surface area contributed by atoms with Crippen LogP contribution in [0.3, 0.4) is 0 Å².